The predicted molar refractivity (Wildman–Crippen MR) is 397 cm³/mol. The van der Waals surface area contributed by atoms with Gasteiger partial charge in [-0.15, -0.1) is 0 Å². The SMILES string of the molecule is CC(=O)c1ccc([C@H](c2cccc(C)c2)N2C[C@@H](C)N(Cc3ccc(F)cc3)C[C@@H]2C)cc1.CC(=O)c1ccc([C@H](c2cccc(C)c2)N2C[C@@H](C)N(Cc3ccccc3)C[C@@H]2C)cc1.CC(=O)c1cccc([C@H](c2cccc(O)c2)N2C[C@@H](C)N(Cc3cccc(C)c3)C[C@@H]2C)c1. The molecule has 98 heavy (non-hydrogen) atoms. The van der Waals surface area contributed by atoms with Crippen LogP contribution in [0, 0.1) is 26.6 Å². The molecule has 11 heteroatoms. The number of hydrogen-bond donors (Lipinski definition) is 1. The standard InChI is InChI=1S/C29H33FN2O.C29H34N2O2.C29H34N2O/c1-20-6-5-7-27(16-20)29(26-12-10-25(11-13-26)23(4)33)32-18-21(2)31(17-22(32)3)19-24-8-14-28(30)15-9-24;1-20-8-5-9-24(14-20)19-30-17-22(3)31(18-21(30)2)29(27-12-7-13-28(33)16-27)26-11-6-10-25(15-26)23(4)32;1-21-9-8-12-28(17-21)29(27-15-13-26(14-16-27)24(4)32)31-19-22(2)30(18-23(31)3)20-25-10-6-5-7-11-25/h5-16,21-22,29H,17-19H2,1-4H3;5-16,21-22,29,33H,17-19H2,1-4H3;5-17,22-23,29H,18-20H2,1-4H3/t2*21-,22+,29-;22-,23+,29-/m111/s1. The van der Waals surface area contributed by atoms with Gasteiger partial charge in [-0.05, 0) is 163 Å². The number of benzene rings is 9. The number of aromatic hydroxyl groups is 1. The van der Waals surface area contributed by atoms with Crippen molar-refractivity contribution in [2.45, 2.75) is 157 Å². The van der Waals surface area contributed by atoms with E-state index in [0.717, 1.165) is 92.3 Å². The van der Waals surface area contributed by atoms with Gasteiger partial charge in [0.15, 0.2) is 17.3 Å². The third-order valence-electron chi connectivity index (χ3n) is 20.3. The zero-order chi connectivity index (χ0) is 69.7. The summed E-state index contributed by atoms with van der Waals surface area (Å²) in [5, 5.41) is 10.2. The number of rotatable bonds is 18. The van der Waals surface area contributed by atoms with E-state index < -0.39 is 0 Å². The second-order valence-corrected chi connectivity index (χ2v) is 28.2. The molecule has 0 radical (unpaired) electrons. The lowest BCUT2D eigenvalue weighted by atomic mass is 9.92. The number of carbonyl (C=O) groups excluding carboxylic acids is 3. The maximum Gasteiger partial charge on any atom is 0.159 e. The van der Waals surface area contributed by atoms with Crippen LogP contribution in [0.4, 0.5) is 4.39 Å². The maximum atomic E-state index is 13.3. The fourth-order valence-corrected chi connectivity index (χ4v) is 14.9. The maximum absolute atomic E-state index is 13.3. The molecular weight excluding hydrogens is 1210 g/mol. The highest BCUT2D eigenvalue weighted by Gasteiger charge is 2.38. The van der Waals surface area contributed by atoms with Gasteiger partial charge < -0.3 is 5.11 Å². The molecule has 9 atom stereocenters. The molecular formula is C87H101FN6O4. The van der Waals surface area contributed by atoms with Crippen molar-refractivity contribution in [1.82, 2.24) is 29.4 Å². The molecule has 0 spiro atoms. The van der Waals surface area contributed by atoms with Gasteiger partial charge in [-0.25, -0.2) is 4.39 Å². The summed E-state index contributed by atoms with van der Waals surface area (Å²) in [4.78, 5) is 51.1. The van der Waals surface area contributed by atoms with Crippen LogP contribution in [0.3, 0.4) is 0 Å². The zero-order valence-electron chi connectivity index (χ0n) is 59.7. The van der Waals surface area contributed by atoms with Crippen LogP contribution in [0.1, 0.15) is 178 Å². The van der Waals surface area contributed by atoms with E-state index in [1.165, 1.54) is 62.2 Å². The number of nitrogens with zero attached hydrogens (tertiary/aromatic N) is 6. The fourth-order valence-electron chi connectivity index (χ4n) is 14.9. The Morgan fingerprint density at radius 2 is 0.694 bits per heavy atom. The Labute approximate surface area is 583 Å². The van der Waals surface area contributed by atoms with Crippen LogP contribution >= 0.6 is 0 Å². The summed E-state index contributed by atoms with van der Waals surface area (Å²) in [5.41, 5.74) is 17.1. The Morgan fingerprint density at radius 1 is 0.347 bits per heavy atom. The highest BCUT2D eigenvalue weighted by Crippen LogP contribution is 2.39. The predicted octanol–water partition coefficient (Wildman–Crippen LogP) is 17.5. The van der Waals surface area contributed by atoms with Crippen LogP contribution in [0.25, 0.3) is 0 Å². The topological polar surface area (TPSA) is 90.9 Å². The molecule has 0 amide bonds. The molecule has 3 fully saturated rings. The van der Waals surface area contributed by atoms with Gasteiger partial charge >= 0.3 is 0 Å². The number of phenolic OH excluding ortho intramolecular Hbond substituents is 1. The lowest BCUT2D eigenvalue weighted by Crippen LogP contribution is -2.56. The molecule has 0 aromatic heterocycles. The van der Waals surface area contributed by atoms with E-state index in [1.807, 2.05) is 66.7 Å². The number of halogens is 1. The summed E-state index contributed by atoms with van der Waals surface area (Å²) >= 11 is 0. The first-order chi connectivity index (χ1) is 47.0. The van der Waals surface area contributed by atoms with Crippen LogP contribution < -0.4 is 0 Å². The first-order valence-electron chi connectivity index (χ1n) is 35.1. The van der Waals surface area contributed by atoms with Gasteiger partial charge in [-0.1, -0.05) is 211 Å². The molecule has 510 valence electrons. The number of Topliss-reactive ketones (excluding diaryl/α,β-unsaturated/α-hetero) is 3. The van der Waals surface area contributed by atoms with E-state index in [2.05, 4.69) is 231 Å². The van der Waals surface area contributed by atoms with Crippen LogP contribution in [0.15, 0.2) is 224 Å². The van der Waals surface area contributed by atoms with Crippen molar-refractivity contribution in [2.24, 2.45) is 0 Å². The molecule has 10 nitrogen and oxygen atoms in total. The zero-order valence-corrected chi connectivity index (χ0v) is 59.7. The summed E-state index contributed by atoms with van der Waals surface area (Å²) in [5.74, 6) is 0.335. The Kier molecular flexibility index (Phi) is 24.6. The van der Waals surface area contributed by atoms with Crippen molar-refractivity contribution in [3.05, 3.63) is 314 Å². The summed E-state index contributed by atoms with van der Waals surface area (Å²) in [6.45, 7) is 33.6. The average Bonchev–Trinajstić information content (AvgIpc) is 0.797. The number of piperazine rings is 3. The van der Waals surface area contributed by atoms with E-state index in [9.17, 15) is 23.9 Å². The monoisotopic (exact) mass is 1310 g/mol. The molecule has 0 aliphatic carbocycles. The Morgan fingerprint density at radius 3 is 1.10 bits per heavy atom. The molecule has 0 bridgehead atoms. The van der Waals surface area contributed by atoms with Gasteiger partial charge in [0.05, 0.1) is 18.1 Å². The normalized spacial score (nSPS) is 20.6. The van der Waals surface area contributed by atoms with Crippen molar-refractivity contribution in [3.63, 3.8) is 0 Å². The molecule has 3 aliphatic rings. The quantitative estimate of drug-likeness (QED) is 0.0838. The van der Waals surface area contributed by atoms with E-state index in [4.69, 9.17) is 0 Å². The molecule has 0 unspecified atom stereocenters. The highest BCUT2D eigenvalue weighted by molar-refractivity contribution is 5.95. The summed E-state index contributed by atoms with van der Waals surface area (Å²) in [6.07, 6.45) is 0. The van der Waals surface area contributed by atoms with Gasteiger partial charge in [0.2, 0.25) is 0 Å². The van der Waals surface area contributed by atoms with Crippen molar-refractivity contribution in [1.29, 1.82) is 0 Å². The lowest BCUT2D eigenvalue weighted by molar-refractivity contribution is 0.0195. The largest absolute Gasteiger partial charge is 0.508 e. The van der Waals surface area contributed by atoms with E-state index in [-0.39, 0.29) is 47.0 Å². The van der Waals surface area contributed by atoms with Crippen molar-refractivity contribution < 1.29 is 23.9 Å². The van der Waals surface area contributed by atoms with E-state index >= 15 is 0 Å². The van der Waals surface area contributed by atoms with Gasteiger partial charge in [0.25, 0.3) is 0 Å². The number of phenols is 1. The van der Waals surface area contributed by atoms with Crippen molar-refractivity contribution >= 4 is 17.3 Å². The van der Waals surface area contributed by atoms with Crippen LogP contribution in [-0.2, 0) is 19.6 Å². The van der Waals surface area contributed by atoms with E-state index in [1.54, 1.807) is 26.8 Å². The smallest absolute Gasteiger partial charge is 0.159 e. The number of hydrogen-bond acceptors (Lipinski definition) is 10. The van der Waals surface area contributed by atoms with Crippen LogP contribution in [-0.4, -0.2) is 127 Å². The Hall–Kier alpha value is -8.52. The third-order valence-corrected chi connectivity index (χ3v) is 20.3. The molecule has 0 saturated carbocycles. The van der Waals surface area contributed by atoms with Crippen molar-refractivity contribution in [3.8, 4) is 5.75 Å². The highest BCUT2D eigenvalue weighted by atomic mass is 19.1. The minimum Gasteiger partial charge on any atom is -0.508 e. The molecule has 12 rings (SSSR count). The molecule has 3 heterocycles. The number of ketones is 3. The number of carbonyl (C=O) groups is 3. The van der Waals surface area contributed by atoms with Gasteiger partial charge in [-0.3, -0.25) is 43.8 Å². The first-order valence-corrected chi connectivity index (χ1v) is 35.1. The van der Waals surface area contributed by atoms with Crippen LogP contribution in [0.2, 0.25) is 0 Å². The van der Waals surface area contributed by atoms with Gasteiger partial charge in [0, 0.05) is 112 Å². The molecule has 9 aromatic carbocycles. The summed E-state index contributed by atoms with van der Waals surface area (Å²) in [7, 11) is 0. The second-order valence-electron chi connectivity index (χ2n) is 28.2. The Balaban J connectivity index is 0.000000159. The van der Waals surface area contributed by atoms with E-state index in [0.29, 0.717) is 36.3 Å². The minimum atomic E-state index is -0.193. The fraction of sp³-hybridized carbons (Fsp3) is 0.345. The van der Waals surface area contributed by atoms with Gasteiger partial charge in [-0.2, -0.15) is 0 Å². The molecule has 9 aromatic rings. The number of aryl methyl sites for hydroxylation is 3. The van der Waals surface area contributed by atoms with Gasteiger partial charge in [0.1, 0.15) is 11.6 Å². The lowest BCUT2D eigenvalue weighted by Gasteiger charge is -2.47. The minimum absolute atomic E-state index is 0.0324. The molecule has 3 saturated heterocycles. The molecule has 3 aliphatic heterocycles. The Bertz CT molecular complexity index is 4100. The van der Waals surface area contributed by atoms with Crippen LogP contribution in [0.5, 0.6) is 5.75 Å². The summed E-state index contributed by atoms with van der Waals surface area (Å²) < 4.78 is 13.3. The molecule has 1 N–H and O–H groups in total. The first kappa shape index (κ1) is 72.2. The van der Waals surface area contributed by atoms with Crippen molar-refractivity contribution in [2.75, 3.05) is 39.3 Å². The summed E-state index contributed by atoms with van der Waals surface area (Å²) in [6, 6.07) is 78.2. The average molecular weight is 1310 g/mol. The second kappa shape index (κ2) is 33.4. The third kappa shape index (κ3) is 18.6.